The number of rotatable bonds is 3. The Morgan fingerprint density at radius 2 is 2.17 bits per heavy atom. The molecule has 3 heteroatoms. The molecule has 1 unspecified atom stereocenters. The van der Waals surface area contributed by atoms with Crippen LogP contribution in [-0.2, 0) is 4.79 Å². The summed E-state index contributed by atoms with van der Waals surface area (Å²) in [5.41, 5.74) is 2.28. The summed E-state index contributed by atoms with van der Waals surface area (Å²) in [6.45, 7) is 5.11. The Bertz CT molecular complexity index is 440. The Labute approximate surface area is 109 Å². The average molecular weight is 247 g/mol. The minimum Gasteiger partial charge on any atom is -0.496 e. The van der Waals surface area contributed by atoms with Gasteiger partial charge in [0.1, 0.15) is 5.75 Å². The van der Waals surface area contributed by atoms with Gasteiger partial charge < -0.3 is 10.1 Å². The Morgan fingerprint density at radius 3 is 2.78 bits per heavy atom. The lowest BCUT2D eigenvalue weighted by atomic mass is 9.87. The van der Waals surface area contributed by atoms with Crippen molar-refractivity contribution in [3.05, 3.63) is 29.3 Å². The fraction of sp³-hybridized carbons (Fsp3) is 0.533. The molecule has 1 aromatic carbocycles. The zero-order valence-electron chi connectivity index (χ0n) is 11.3. The van der Waals surface area contributed by atoms with Crippen molar-refractivity contribution in [2.24, 2.45) is 0 Å². The molecule has 1 aliphatic heterocycles. The molecular formula is C15H21NO2. The first-order valence-corrected chi connectivity index (χ1v) is 6.59. The average Bonchev–Trinajstić information content (AvgIpc) is 2.38. The second-order valence-electron chi connectivity index (χ2n) is 5.14. The van der Waals surface area contributed by atoms with Crippen LogP contribution in [0.3, 0.4) is 0 Å². The lowest BCUT2D eigenvalue weighted by Gasteiger charge is -2.24. The molecule has 1 saturated heterocycles. The highest BCUT2D eigenvalue weighted by atomic mass is 16.5. The number of methoxy groups -OCH3 is 1. The van der Waals surface area contributed by atoms with E-state index in [-0.39, 0.29) is 11.8 Å². The first-order chi connectivity index (χ1) is 8.63. The lowest BCUT2D eigenvalue weighted by Crippen LogP contribution is -2.35. The summed E-state index contributed by atoms with van der Waals surface area (Å²) in [6, 6.07) is 6.18. The highest BCUT2D eigenvalue weighted by molar-refractivity contribution is 5.85. The Hall–Kier alpha value is -1.51. The maximum Gasteiger partial charge on any atom is 0.227 e. The summed E-state index contributed by atoms with van der Waals surface area (Å²) < 4.78 is 5.40. The van der Waals surface area contributed by atoms with Crippen LogP contribution in [-0.4, -0.2) is 19.6 Å². The van der Waals surface area contributed by atoms with E-state index in [4.69, 9.17) is 4.74 Å². The molecule has 98 valence electrons. The summed E-state index contributed by atoms with van der Waals surface area (Å²) >= 11 is 0. The van der Waals surface area contributed by atoms with Crippen LogP contribution < -0.4 is 10.1 Å². The van der Waals surface area contributed by atoms with E-state index in [0.717, 1.165) is 30.7 Å². The predicted molar refractivity (Wildman–Crippen MR) is 72.1 cm³/mol. The van der Waals surface area contributed by atoms with Gasteiger partial charge in [-0.2, -0.15) is 0 Å². The zero-order chi connectivity index (χ0) is 13.1. The largest absolute Gasteiger partial charge is 0.496 e. The van der Waals surface area contributed by atoms with Gasteiger partial charge in [-0.25, -0.2) is 0 Å². The molecule has 1 N–H and O–H groups in total. The van der Waals surface area contributed by atoms with Crippen molar-refractivity contribution >= 4 is 5.91 Å². The van der Waals surface area contributed by atoms with Crippen molar-refractivity contribution in [2.75, 3.05) is 13.7 Å². The van der Waals surface area contributed by atoms with E-state index >= 15 is 0 Å². The summed E-state index contributed by atoms with van der Waals surface area (Å²) in [6.07, 6.45) is 1.94. The topological polar surface area (TPSA) is 38.3 Å². The molecule has 1 aliphatic rings. The highest BCUT2D eigenvalue weighted by Gasteiger charge is 2.26. The predicted octanol–water partition coefficient (Wildman–Crippen LogP) is 2.81. The third kappa shape index (κ3) is 2.50. The van der Waals surface area contributed by atoms with E-state index in [1.807, 2.05) is 6.07 Å². The molecule has 1 aromatic rings. The fourth-order valence-corrected chi connectivity index (χ4v) is 2.45. The fourth-order valence-electron chi connectivity index (χ4n) is 2.45. The van der Waals surface area contributed by atoms with Crippen LogP contribution in [0.25, 0.3) is 0 Å². The molecule has 1 heterocycles. The number of benzene rings is 1. The minimum atomic E-state index is -0.0626. The van der Waals surface area contributed by atoms with Gasteiger partial charge in [0.2, 0.25) is 5.91 Å². The number of ether oxygens (including phenoxy) is 1. The Morgan fingerprint density at radius 1 is 1.39 bits per heavy atom. The van der Waals surface area contributed by atoms with Crippen molar-refractivity contribution in [3.8, 4) is 5.75 Å². The van der Waals surface area contributed by atoms with Crippen molar-refractivity contribution in [1.29, 1.82) is 0 Å². The van der Waals surface area contributed by atoms with Gasteiger partial charge in [-0.3, -0.25) is 4.79 Å². The van der Waals surface area contributed by atoms with Crippen LogP contribution in [0, 0.1) is 0 Å². The molecule has 1 fully saturated rings. The molecule has 1 atom stereocenters. The molecule has 0 aromatic heterocycles. The van der Waals surface area contributed by atoms with E-state index in [1.165, 1.54) is 5.56 Å². The van der Waals surface area contributed by atoms with Gasteiger partial charge in [-0.1, -0.05) is 26.0 Å². The molecule has 0 bridgehead atoms. The van der Waals surface area contributed by atoms with Crippen LogP contribution in [0.15, 0.2) is 18.2 Å². The number of hydrogen-bond donors (Lipinski definition) is 1. The van der Waals surface area contributed by atoms with Crippen molar-refractivity contribution in [1.82, 2.24) is 5.32 Å². The smallest absolute Gasteiger partial charge is 0.227 e. The molecule has 2 rings (SSSR count). The van der Waals surface area contributed by atoms with Gasteiger partial charge in [0, 0.05) is 12.1 Å². The molecule has 0 spiro atoms. The van der Waals surface area contributed by atoms with Crippen LogP contribution >= 0.6 is 0 Å². The summed E-state index contributed by atoms with van der Waals surface area (Å²) in [7, 11) is 1.66. The molecule has 0 radical (unpaired) electrons. The SMILES string of the molecule is COc1ccc(C(C)C)cc1C1CCCNC1=O. The first kappa shape index (κ1) is 12.9. The third-order valence-corrected chi connectivity index (χ3v) is 3.58. The Balaban J connectivity index is 2.39. The van der Waals surface area contributed by atoms with Gasteiger partial charge in [0.15, 0.2) is 0 Å². The van der Waals surface area contributed by atoms with Crippen LogP contribution in [0.2, 0.25) is 0 Å². The quantitative estimate of drug-likeness (QED) is 0.892. The van der Waals surface area contributed by atoms with Crippen LogP contribution in [0.5, 0.6) is 5.75 Å². The van der Waals surface area contributed by atoms with Crippen molar-refractivity contribution in [3.63, 3.8) is 0 Å². The van der Waals surface area contributed by atoms with Gasteiger partial charge in [-0.05, 0) is 30.4 Å². The zero-order valence-corrected chi connectivity index (χ0v) is 11.3. The molecule has 0 aliphatic carbocycles. The normalized spacial score (nSPS) is 19.8. The molecule has 18 heavy (non-hydrogen) atoms. The molecule has 3 nitrogen and oxygen atoms in total. The first-order valence-electron chi connectivity index (χ1n) is 6.59. The van der Waals surface area contributed by atoms with Crippen LogP contribution in [0.4, 0.5) is 0 Å². The van der Waals surface area contributed by atoms with E-state index in [9.17, 15) is 4.79 Å². The number of carbonyl (C=O) groups excluding carboxylic acids is 1. The summed E-state index contributed by atoms with van der Waals surface area (Å²) in [5.74, 6) is 1.34. The van der Waals surface area contributed by atoms with Crippen molar-refractivity contribution in [2.45, 2.75) is 38.5 Å². The van der Waals surface area contributed by atoms with Gasteiger partial charge in [0.25, 0.3) is 0 Å². The van der Waals surface area contributed by atoms with Crippen LogP contribution in [0.1, 0.15) is 49.7 Å². The van der Waals surface area contributed by atoms with E-state index in [2.05, 4.69) is 31.3 Å². The standard InChI is InChI=1S/C15H21NO2/c1-10(2)11-6-7-14(18-3)13(9-11)12-5-4-8-16-15(12)17/h6-7,9-10,12H,4-5,8H2,1-3H3,(H,16,17). The van der Waals surface area contributed by atoms with Gasteiger partial charge in [-0.15, -0.1) is 0 Å². The number of piperidine rings is 1. The van der Waals surface area contributed by atoms with E-state index < -0.39 is 0 Å². The molecular weight excluding hydrogens is 226 g/mol. The Kier molecular flexibility index (Phi) is 3.90. The molecule has 0 saturated carbocycles. The van der Waals surface area contributed by atoms with E-state index in [0.29, 0.717) is 5.92 Å². The maximum atomic E-state index is 12.0. The third-order valence-electron chi connectivity index (χ3n) is 3.58. The van der Waals surface area contributed by atoms with Gasteiger partial charge >= 0.3 is 0 Å². The van der Waals surface area contributed by atoms with Gasteiger partial charge in [0.05, 0.1) is 13.0 Å². The summed E-state index contributed by atoms with van der Waals surface area (Å²) in [4.78, 5) is 12.0. The maximum absolute atomic E-state index is 12.0. The highest BCUT2D eigenvalue weighted by Crippen LogP contribution is 2.34. The van der Waals surface area contributed by atoms with E-state index in [1.54, 1.807) is 7.11 Å². The lowest BCUT2D eigenvalue weighted by molar-refractivity contribution is -0.123. The monoisotopic (exact) mass is 247 g/mol. The second kappa shape index (κ2) is 5.42. The second-order valence-corrected chi connectivity index (χ2v) is 5.14. The number of carbonyl (C=O) groups is 1. The number of hydrogen-bond acceptors (Lipinski definition) is 2. The summed E-state index contributed by atoms with van der Waals surface area (Å²) in [5, 5.41) is 2.94. The molecule has 1 amide bonds. The minimum absolute atomic E-state index is 0.0626. The number of amides is 1. The number of nitrogens with one attached hydrogen (secondary N) is 1. The van der Waals surface area contributed by atoms with Crippen molar-refractivity contribution < 1.29 is 9.53 Å².